The van der Waals surface area contributed by atoms with E-state index in [1.54, 1.807) is 0 Å². The second kappa shape index (κ2) is 2.49. The highest BCUT2D eigenvalue weighted by molar-refractivity contribution is 6.05. The zero-order valence-corrected chi connectivity index (χ0v) is 6.63. The largest absolute Gasteiger partial charge is 0.330 e. The van der Waals surface area contributed by atoms with Crippen LogP contribution in [0.5, 0.6) is 0 Å². The molecule has 1 aromatic rings. The molecule has 1 aromatic heterocycles. The van der Waals surface area contributed by atoms with E-state index in [2.05, 4.69) is 18.9 Å². The van der Waals surface area contributed by atoms with Gasteiger partial charge in [0, 0.05) is 6.20 Å². The lowest BCUT2D eigenvalue weighted by Gasteiger charge is -1.99. The molecule has 0 aromatic carbocycles. The van der Waals surface area contributed by atoms with Crippen molar-refractivity contribution in [2.45, 2.75) is 26.7 Å². The molecule has 0 saturated carbocycles. The van der Waals surface area contributed by atoms with Gasteiger partial charge in [0.05, 0.1) is 5.69 Å². The third-order valence-electron chi connectivity index (χ3n) is 1.50. The maximum Gasteiger partial charge on any atom is 0.264 e. The molecule has 0 aliphatic heterocycles. The van der Waals surface area contributed by atoms with E-state index >= 15 is 0 Å². The van der Waals surface area contributed by atoms with Crippen LogP contribution in [0.25, 0.3) is 0 Å². The molecular weight excluding hydrogens is 123 g/mol. The number of rotatable bonds is 1. The van der Waals surface area contributed by atoms with Crippen LogP contribution in [-0.2, 0) is 0 Å². The minimum Gasteiger partial charge on any atom is -0.330 e. The number of aryl methyl sites for hydroxylation is 1. The molecular formula is C7H11BN2. The molecule has 0 spiro atoms. The van der Waals surface area contributed by atoms with Gasteiger partial charge in [0.1, 0.15) is 0 Å². The van der Waals surface area contributed by atoms with Gasteiger partial charge in [-0.05, 0) is 18.4 Å². The van der Waals surface area contributed by atoms with Crippen molar-refractivity contribution in [2.24, 2.45) is 0 Å². The average molecular weight is 134 g/mol. The SMILES string of the molecule is [B]n1cc(C)c(C(C)C)n1. The monoisotopic (exact) mass is 134 g/mol. The summed E-state index contributed by atoms with van der Waals surface area (Å²) in [6.45, 7) is 6.23. The van der Waals surface area contributed by atoms with Gasteiger partial charge in [-0.2, -0.15) is 5.10 Å². The summed E-state index contributed by atoms with van der Waals surface area (Å²) < 4.78 is 1.37. The first-order chi connectivity index (χ1) is 4.61. The van der Waals surface area contributed by atoms with Crippen LogP contribution < -0.4 is 0 Å². The van der Waals surface area contributed by atoms with Crippen molar-refractivity contribution in [3.05, 3.63) is 17.5 Å². The lowest BCUT2D eigenvalue weighted by Crippen LogP contribution is -1.94. The summed E-state index contributed by atoms with van der Waals surface area (Å²) in [5, 5.41) is 4.10. The minimum absolute atomic E-state index is 0.463. The Morgan fingerprint density at radius 2 is 2.20 bits per heavy atom. The van der Waals surface area contributed by atoms with Crippen molar-refractivity contribution in [1.82, 2.24) is 9.69 Å². The third kappa shape index (κ3) is 1.23. The second-order valence-corrected chi connectivity index (χ2v) is 2.83. The summed E-state index contributed by atoms with van der Waals surface area (Å²) in [6, 6.07) is 0. The van der Waals surface area contributed by atoms with E-state index in [4.69, 9.17) is 7.98 Å². The van der Waals surface area contributed by atoms with Gasteiger partial charge in [-0.15, -0.1) is 0 Å². The van der Waals surface area contributed by atoms with Gasteiger partial charge in [-0.25, -0.2) is 0 Å². The Hall–Kier alpha value is -0.725. The Bertz CT molecular complexity index is 228. The van der Waals surface area contributed by atoms with Crippen molar-refractivity contribution in [3.63, 3.8) is 0 Å². The van der Waals surface area contributed by atoms with Gasteiger partial charge in [0.25, 0.3) is 7.98 Å². The Morgan fingerprint density at radius 3 is 2.40 bits per heavy atom. The molecule has 0 bridgehead atoms. The zero-order valence-electron chi connectivity index (χ0n) is 6.63. The van der Waals surface area contributed by atoms with Gasteiger partial charge < -0.3 is 4.59 Å². The molecule has 52 valence electrons. The van der Waals surface area contributed by atoms with Crippen molar-refractivity contribution >= 4 is 7.98 Å². The molecule has 0 amide bonds. The summed E-state index contributed by atoms with van der Waals surface area (Å²) in [5.41, 5.74) is 2.25. The summed E-state index contributed by atoms with van der Waals surface area (Å²) >= 11 is 0. The molecule has 3 heteroatoms. The first-order valence-corrected chi connectivity index (χ1v) is 3.42. The van der Waals surface area contributed by atoms with Crippen LogP contribution in [0.4, 0.5) is 0 Å². The minimum atomic E-state index is 0.463. The van der Waals surface area contributed by atoms with E-state index in [0.717, 1.165) is 11.3 Å². The maximum atomic E-state index is 5.42. The highest BCUT2D eigenvalue weighted by atomic mass is 15.2. The van der Waals surface area contributed by atoms with Gasteiger partial charge >= 0.3 is 0 Å². The van der Waals surface area contributed by atoms with Crippen LogP contribution in [0, 0.1) is 6.92 Å². The lowest BCUT2D eigenvalue weighted by molar-refractivity contribution is 0.791. The number of hydrogen-bond donors (Lipinski definition) is 0. The molecule has 0 fully saturated rings. The molecule has 10 heavy (non-hydrogen) atoms. The van der Waals surface area contributed by atoms with Gasteiger partial charge in [0.2, 0.25) is 0 Å². The maximum absolute atomic E-state index is 5.42. The van der Waals surface area contributed by atoms with E-state index in [1.807, 2.05) is 13.1 Å². The van der Waals surface area contributed by atoms with Crippen LogP contribution in [0.1, 0.15) is 31.0 Å². The summed E-state index contributed by atoms with van der Waals surface area (Å²) in [7, 11) is 5.42. The normalized spacial score (nSPS) is 10.8. The first-order valence-electron chi connectivity index (χ1n) is 3.42. The van der Waals surface area contributed by atoms with Crippen LogP contribution in [0.2, 0.25) is 0 Å². The van der Waals surface area contributed by atoms with Crippen LogP contribution >= 0.6 is 0 Å². The number of aromatic nitrogens is 2. The van der Waals surface area contributed by atoms with Crippen molar-refractivity contribution in [2.75, 3.05) is 0 Å². The molecule has 0 unspecified atom stereocenters. The summed E-state index contributed by atoms with van der Waals surface area (Å²) in [5.74, 6) is 0.463. The molecule has 0 saturated heterocycles. The fraction of sp³-hybridized carbons (Fsp3) is 0.571. The van der Waals surface area contributed by atoms with Gasteiger partial charge in [-0.3, -0.25) is 0 Å². The molecule has 0 atom stereocenters. The van der Waals surface area contributed by atoms with E-state index in [-0.39, 0.29) is 0 Å². The molecule has 2 nitrogen and oxygen atoms in total. The smallest absolute Gasteiger partial charge is 0.264 e. The Labute approximate surface area is 62.7 Å². The van der Waals surface area contributed by atoms with Crippen molar-refractivity contribution in [3.8, 4) is 0 Å². The third-order valence-corrected chi connectivity index (χ3v) is 1.50. The van der Waals surface area contributed by atoms with E-state index < -0.39 is 0 Å². The van der Waals surface area contributed by atoms with E-state index in [0.29, 0.717) is 5.92 Å². The van der Waals surface area contributed by atoms with Crippen molar-refractivity contribution in [1.29, 1.82) is 0 Å². The number of hydrogen-bond acceptors (Lipinski definition) is 1. The molecule has 0 aliphatic rings. The van der Waals surface area contributed by atoms with Crippen LogP contribution in [0.15, 0.2) is 6.20 Å². The fourth-order valence-electron chi connectivity index (χ4n) is 1.07. The summed E-state index contributed by atoms with van der Waals surface area (Å²) in [6.07, 6.45) is 1.83. The average Bonchev–Trinajstić information content (AvgIpc) is 2.10. The Kier molecular flexibility index (Phi) is 1.83. The quantitative estimate of drug-likeness (QED) is 0.528. The first kappa shape index (κ1) is 7.38. The topological polar surface area (TPSA) is 17.8 Å². The molecule has 2 radical (unpaired) electrons. The molecule has 0 aliphatic carbocycles. The highest BCUT2D eigenvalue weighted by Gasteiger charge is 2.05. The molecule has 1 rings (SSSR count). The fourth-order valence-corrected chi connectivity index (χ4v) is 1.07. The Morgan fingerprint density at radius 1 is 1.60 bits per heavy atom. The number of nitrogens with zero attached hydrogens (tertiary/aromatic N) is 2. The highest BCUT2D eigenvalue weighted by Crippen LogP contribution is 2.14. The van der Waals surface area contributed by atoms with E-state index in [1.165, 1.54) is 4.59 Å². The lowest BCUT2D eigenvalue weighted by atomic mass is 10.1. The zero-order chi connectivity index (χ0) is 7.72. The van der Waals surface area contributed by atoms with Gasteiger partial charge in [-0.1, -0.05) is 13.8 Å². The predicted octanol–water partition coefficient (Wildman–Crippen LogP) is 1.25. The second-order valence-electron chi connectivity index (χ2n) is 2.83. The summed E-state index contributed by atoms with van der Waals surface area (Å²) in [4.78, 5) is 0. The molecule has 1 heterocycles. The van der Waals surface area contributed by atoms with Crippen molar-refractivity contribution < 1.29 is 0 Å². The van der Waals surface area contributed by atoms with Gasteiger partial charge in [0.15, 0.2) is 0 Å². The Balaban J connectivity index is 3.03. The van der Waals surface area contributed by atoms with E-state index in [9.17, 15) is 0 Å². The molecule has 0 N–H and O–H groups in total. The predicted molar refractivity (Wildman–Crippen MR) is 42.2 cm³/mol. The van der Waals surface area contributed by atoms with Crippen LogP contribution in [-0.4, -0.2) is 17.7 Å². The standard InChI is InChI=1S/C7H11BN2/c1-5(2)7-6(3)4-10(8)9-7/h4-5H,1-3H3. The van der Waals surface area contributed by atoms with Crippen LogP contribution in [0.3, 0.4) is 0 Å².